The zero-order valence-electron chi connectivity index (χ0n) is 29.0. The Morgan fingerprint density at radius 3 is 2.45 bits per heavy atom. The lowest BCUT2D eigenvalue weighted by molar-refractivity contribution is -0.256. The predicted octanol–water partition coefficient (Wildman–Crippen LogP) is 0.924. The second-order valence-electron chi connectivity index (χ2n) is 14.3. The molecule has 274 valence electrons. The number of amides is 1. The van der Waals surface area contributed by atoms with Crippen molar-refractivity contribution in [2.24, 2.45) is 0 Å². The summed E-state index contributed by atoms with van der Waals surface area (Å²) in [4.78, 5) is 48.0. The number of hydrogen-bond acceptors (Lipinski definition) is 14. The standard InChI is InChI=1S/C36H43N3O12/c1-17-32-20(39-12-13-48-34(47-4)33(39)51-32)14-23(49-17)50-22-16-36(45,35(44)38-10-8-37(2)9-11-38)15-19-25(22)31(43)27-26(29(19)41)28(40)18-6-5-7-21(46-3)24(18)30(27)42/h5-7,17,20,22-23,32-34,41,43,45H,8-16H2,1-4H3/t17-,20-,22-,23-,32+,33+,34-,36-/m0/s1. The average Bonchev–Trinajstić information content (AvgIpc) is 3.51. The van der Waals surface area contributed by atoms with Crippen molar-refractivity contribution in [1.29, 1.82) is 0 Å². The first kappa shape index (κ1) is 34.4. The predicted molar refractivity (Wildman–Crippen MR) is 176 cm³/mol. The molecule has 15 heteroatoms. The molecular formula is C36H43N3O12. The van der Waals surface area contributed by atoms with E-state index >= 15 is 0 Å². The van der Waals surface area contributed by atoms with Gasteiger partial charge in [-0.25, -0.2) is 0 Å². The van der Waals surface area contributed by atoms with Crippen LogP contribution in [0.1, 0.15) is 68.8 Å². The lowest BCUT2D eigenvalue weighted by atomic mass is 9.72. The van der Waals surface area contributed by atoms with E-state index in [1.54, 1.807) is 18.1 Å². The monoisotopic (exact) mass is 709 g/mol. The summed E-state index contributed by atoms with van der Waals surface area (Å²) in [6.07, 6.45) is -4.29. The quantitative estimate of drug-likeness (QED) is 0.319. The summed E-state index contributed by atoms with van der Waals surface area (Å²) in [5.41, 5.74) is -2.91. The van der Waals surface area contributed by atoms with Crippen LogP contribution in [-0.4, -0.2) is 151 Å². The van der Waals surface area contributed by atoms with Crippen LogP contribution in [0.15, 0.2) is 18.2 Å². The van der Waals surface area contributed by atoms with Crippen molar-refractivity contribution in [2.75, 3.05) is 60.6 Å². The van der Waals surface area contributed by atoms with E-state index in [9.17, 15) is 29.7 Å². The first-order valence-corrected chi connectivity index (χ1v) is 17.4. The van der Waals surface area contributed by atoms with Crippen LogP contribution in [0.5, 0.6) is 17.2 Å². The van der Waals surface area contributed by atoms with Gasteiger partial charge in [-0.05, 0) is 20.0 Å². The van der Waals surface area contributed by atoms with Gasteiger partial charge in [-0.1, -0.05) is 12.1 Å². The Morgan fingerprint density at radius 1 is 0.980 bits per heavy atom. The summed E-state index contributed by atoms with van der Waals surface area (Å²) in [5.74, 6) is -2.96. The molecule has 8 atom stereocenters. The lowest BCUT2D eigenvalue weighted by Gasteiger charge is -2.45. The first-order valence-electron chi connectivity index (χ1n) is 17.4. The number of hydrogen-bond donors (Lipinski definition) is 3. The van der Waals surface area contributed by atoms with Crippen LogP contribution in [0.2, 0.25) is 0 Å². The third-order valence-corrected chi connectivity index (χ3v) is 11.4. The normalized spacial score (nSPS) is 33.6. The van der Waals surface area contributed by atoms with E-state index < -0.39 is 77.6 Å². The molecule has 8 rings (SSSR count). The minimum atomic E-state index is -2.07. The van der Waals surface area contributed by atoms with E-state index in [1.165, 1.54) is 19.2 Å². The molecule has 2 aromatic rings. The van der Waals surface area contributed by atoms with Crippen molar-refractivity contribution in [3.05, 3.63) is 51.6 Å². The molecule has 3 N–H and O–H groups in total. The number of ketones is 2. The highest BCUT2D eigenvalue weighted by Gasteiger charge is 2.55. The number of aliphatic hydroxyl groups is 1. The van der Waals surface area contributed by atoms with Crippen molar-refractivity contribution in [3.8, 4) is 17.2 Å². The maximum Gasteiger partial charge on any atom is 0.255 e. The Kier molecular flexibility index (Phi) is 8.62. The average molecular weight is 710 g/mol. The molecule has 0 unspecified atom stereocenters. The molecule has 15 nitrogen and oxygen atoms in total. The topological polar surface area (TPSA) is 177 Å². The minimum Gasteiger partial charge on any atom is -0.507 e. The number of fused-ring (bicyclic) bond motifs is 6. The molecule has 0 aromatic heterocycles. The molecule has 51 heavy (non-hydrogen) atoms. The number of phenolic OH excluding ortho intramolecular Hbond substituents is 2. The second-order valence-corrected chi connectivity index (χ2v) is 14.3. The molecule has 1 amide bonds. The summed E-state index contributed by atoms with van der Waals surface area (Å²) in [5, 5.41) is 36.1. The van der Waals surface area contributed by atoms with Gasteiger partial charge in [-0.2, -0.15) is 0 Å². The van der Waals surface area contributed by atoms with Crippen molar-refractivity contribution in [3.63, 3.8) is 0 Å². The largest absolute Gasteiger partial charge is 0.507 e. The third-order valence-electron chi connectivity index (χ3n) is 11.4. The molecule has 4 heterocycles. The highest BCUT2D eigenvalue weighted by molar-refractivity contribution is 6.31. The number of carbonyl (C=O) groups excluding carboxylic acids is 3. The van der Waals surface area contributed by atoms with Crippen LogP contribution in [0.4, 0.5) is 0 Å². The Morgan fingerprint density at radius 2 is 1.73 bits per heavy atom. The number of methoxy groups -OCH3 is 2. The van der Waals surface area contributed by atoms with Gasteiger partial charge in [0.25, 0.3) is 5.91 Å². The number of rotatable bonds is 5. The molecule has 4 aliphatic heterocycles. The van der Waals surface area contributed by atoms with E-state index in [0.29, 0.717) is 45.8 Å². The van der Waals surface area contributed by atoms with Crippen LogP contribution >= 0.6 is 0 Å². The van der Waals surface area contributed by atoms with E-state index in [1.807, 2.05) is 14.0 Å². The maximum atomic E-state index is 14.1. The smallest absolute Gasteiger partial charge is 0.255 e. The number of likely N-dealkylation sites (N-methyl/N-ethyl adjacent to an activating group) is 1. The van der Waals surface area contributed by atoms with Gasteiger partial charge in [-0.3, -0.25) is 19.3 Å². The zero-order chi connectivity index (χ0) is 35.9. The van der Waals surface area contributed by atoms with Gasteiger partial charge >= 0.3 is 0 Å². The van der Waals surface area contributed by atoms with E-state index in [4.69, 9.17) is 28.4 Å². The van der Waals surface area contributed by atoms with Crippen LogP contribution in [0, 0.1) is 0 Å². The molecule has 0 spiro atoms. The summed E-state index contributed by atoms with van der Waals surface area (Å²) >= 11 is 0. The first-order chi connectivity index (χ1) is 24.4. The molecule has 0 bridgehead atoms. The van der Waals surface area contributed by atoms with E-state index in [0.717, 1.165) is 0 Å². The van der Waals surface area contributed by atoms with Gasteiger partial charge < -0.3 is 53.5 Å². The molecule has 4 fully saturated rings. The molecule has 2 aliphatic carbocycles. The van der Waals surface area contributed by atoms with Crippen LogP contribution in [0.25, 0.3) is 0 Å². The fraction of sp³-hybridized carbons (Fsp3) is 0.583. The highest BCUT2D eigenvalue weighted by Crippen LogP contribution is 2.53. The van der Waals surface area contributed by atoms with Crippen LogP contribution in [-0.2, 0) is 34.9 Å². The van der Waals surface area contributed by atoms with Crippen molar-refractivity contribution in [1.82, 2.24) is 14.7 Å². The van der Waals surface area contributed by atoms with Gasteiger partial charge in [0.1, 0.15) is 29.0 Å². The van der Waals surface area contributed by atoms with Gasteiger partial charge in [0.2, 0.25) is 5.78 Å². The fourth-order valence-electron chi connectivity index (χ4n) is 8.80. The summed E-state index contributed by atoms with van der Waals surface area (Å²) in [6, 6.07) is 4.40. The number of benzene rings is 2. The maximum absolute atomic E-state index is 14.1. The zero-order valence-corrected chi connectivity index (χ0v) is 29.0. The van der Waals surface area contributed by atoms with Gasteiger partial charge in [0.05, 0.1) is 42.6 Å². The lowest BCUT2D eigenvalue weighted by Crippen LogP contribution is -2.58. The second kappa shape index (κ2) is 12.8. The Balaban J connectivity index is 1.20. The highest BCUT2D eigenvalue weighted by atomic mass is 16.7. The number of ether oxygens (including phenoxy) is 6. The molecule has 0 radical (unpaired) electrons. The SMILES string of the molecule is COc1cccc2c1C(=O)c1c(O)c3c(c(O)c1C2=O)C[C@@](O)(C(=O)N1CCN(C)CC1)C[C@@H]3O[C@H]1C[C@H]2[C@H](O[C@@H]3[C@@H](OC)OCCN32)[C@H](C)O1. The molecule has 4 saturated heterocycles. The van der Waals surface area contributed by atoms with Crippen molar-refractivity contribution < 1.29 is 58.1 Å². The minimum absolute atomic E-state index is 0.00365. The Labute approximate surface area is 294 Å². The third kappa shape index (κ3) is 5.36. The van der Waals surface area contributed by atoms with Gasteiger partial charge in [0.15, 0.2) is 24.6 Å². The Hall–Kier alpha value is -3.67. The Bertz CT molecular complexity index is 1780. The molecular weight excluding hydrogens is 666 g/mol. The summed E-state index contributed by atoms with van der Waals surface area (Å²) in [7, 11) is 4.88. The molecule has 2 aromatic carbocycles. The molecule has 6 aliphatic rings. The van der Waals surface area contributed by atoms with Crippen LogP contribution < -0.4 is 4.74 Å². The molecule has 0 saturated carbocycles. The number of carbonyl (C=O) groups is 3. The number of phenols is 2. The van der Waals surface area contributed by atoms with Crippen molar-refractivity contribution in [2.45, 2.75) is 74.9 Å². The van der Waals surface area contributed by atoms with Gasteiger partial charge in [-0.15, -0.1) is 0 Å². The van der Waals surface area contributed by atoms with Crippen LogP contribution in [0.3, 0.4) is 0 Å². The number of morpholine rings is 1. The summed E-state index contributed by atoms with van der Waals surface area (Å²) in [6.45, 7) is 4.91. The number of nitrogens with zero attached hydrogens (tertiary/aromatic N) is 3. The van der Waals surface area contributed by atoms with E-state index in [-0.39, 0.29) is 52.1 Å². The van der Waals surface area contributed by atoms with Crippen molar-refractivity contribution >= 4 is 17.5 Å². The van der Waals surface area contributed by atoms with Gasteiger partial charge in [0, 0.05) is 81.8 Å². The number of aromatic hydroxyl groups is 2. The summed E-state index contributed by atoms with van der Waals surface area (Å²) < 4.78 is 36.0. The van der Waals surface area contributed by atoms with E-state index in [2.05, 4.69) is 9.80 Å². The number of piperazine rings is 1. The fourth-order valence-corrected chi connectivity index (χ4v) is 8.80.